The summed E-state index contributed by atoms with van der Waals surface area (Å²) < 4.78 is 18.9. The van der Waals surface area contributed by atoms with E-state index in [-0.39, 0.29) is 23.2 Å². The minimum atomic E-state index is -2.76. The molecule has 5 aromatic heterocycles. The molecule has 0 radical (unpaired) electrons. The molecule has 5 heterocycles. The Labute approximate surface area is 373 Å². The molecule has 332 valence electrons. The average Bonchev–Trinajstić information content (AvgIpc) is 3.97. The molecule has 0 bridgehead atoms. The van der Waals surface area contributed by atoms with E-state index in [4.69, 9.17) is 24.2 Å². The molecule has 1 atom stereocenters. The summed E-state index contributed by atoms with van der Waals surface area (Å²) in [5.41, 5.74) is 3.84. The van der Waals surface area contributed by atoms with Crippen molar-refractivity contribution >= 4 is 49.3 Å². The quantitative estimate of drug-likeness (QED) is 0.0612. The number of H-pyrrole nitrogens is 1. The van der Waals surface area contributed by atoms with Crippen LogP contribution in [0.4, 0.5) is 11.6 Å². The van der Waals surface area contributed by atoms with Crippen molar-refractivity contribution in [2.24, 2.45) is 7.05 Å². The zero-order valence-corrected chi connectivity index (χ0v) is 40.6. The van der Waals surface area contributed by atoms with Gasteiger partial charge in [0.15, 0.2) is 5.82 Å². The van der Waals surface area contributed by atoms with Gasteiger partial charge in [0.2, 0.25) is 0 Å². The monoisotopic (exact) mass is 884 g/mol. The third-order valence-electron chi connectivity index (χ3n) is 11.7. The number of likely N-dealkylation sites (N-methyl/N-ethyl adjacent to an activating group) is 1. The van der Waals surface area contributed by atoms with Crippen molar-refractivity contribution < 1.29 is 9.16 Å². The first-order valence-electron chi connectivity index (χ1n) is 21.9. The maximum absolute atomic E-state index is 13.4. The highest BCUT2D eigenvalue weighted by Crippen LogP contribution is 2.39. The average molecular weight is 885 g/mol. The number of hydrogen-bond acceptors (Lipinski definition) is 9. The van der Waals surface area contributed by atoms with Crippen molar-refractivity contribution in [3.05, 3.63) is 120 Å². The van der Waals surface area contributed by atoms with Gasteiger partial charge in [-0.25, -0.2) is 15.0 Å². The predicted molar refractivity (Wildman–Crippen MR) is 261 cm³/mol. The molecule has 0 fully saturated rings. The SMILES string of the molecule is CC(CCO[Si](c1ccccc1)(c1ccccc1)C(C)(C)C)c1nc(Nc2ccnc(-c3cn(COCC[Si](C)(C)C)n(C)c3=O)n2)cc2[nH]nc(-c3cccn3CCN(C)C)c12. The van der Waals surface area contributed by atoms with Crippen molar-refractivity contribution in [3.8, 4) is 22.8 Å². The van der Waals surface area contributed by atoms with Gasteiger partial charge >= 0.3 is 0 Å². The van der Waals surface area contributed by atoms with Crippen LogP contribution in [-0.2, 0) is 29.5 Å². The Kier molecular flexibility index (Phi) is 13.8. The van der Waals surface area contributed by atoms with Crippen molar-refractivity contribution in [1.29, 1.82) is 0 Å². The summed E-state index contributed by atoms with van der Waals surface area (Å²) in [4.78, 5) is 30.3. The van der Waals surface area contributed by atoms with Gasteiger partial charge in [0.1, 0.15) is 29.6 Å². The molecular weight excluding hydrogens is 821 g/mol. The second-order valence-corrected chi connectivity index (χ2v) is 29.0. The lowest BCUT2D eigenvalue weighted by atomic mass is 9.98. The Morgan fingerprint density at radius 3 is 2.25 bits per heavy atom. The Morgan fingerprint density at radius 2 is 1.60 bits per heavy atom. The van der Waals surface area contributed by atoms with Gasteiger partial charge in [0, 0.05) is 72.0 Å². The van der Waals surface area contributed by atoms with Crippen LogP contribution in [0.15, 0.2) is 108 Å². The minimum absolute atomic E-state index is 0.0225. The van der Waals surface area contributed by atoms with E-state index in [1.807, 2.05) is 6.07 Å². The largest absolute Gasteiger partial charge is 0.407 e. The van der Waals surface area contributed by atoms with Crippen LogP contribution in [0.25, 0.3) is 33.7 Å². The molecule has 63 heavy (non-hydrogen) atoms. The lowest BCUT2D eigenvalue weighted by Gasteiger charge is -2.43. The number of aromatic nitrogens is 8. The standard InChI is InChI=1S/C48H64N10O3Si2/c1-35(24-29-61-63(48(2,3)4,36-18-13-11-14-19-36)37-20-15-12-16-21-37)44-43-39(53-54-45(43)40-22-17-26-57(40)28-27-55(5)6)32-42(51-44)50-41-23-25-49-46(52-41)38-33-58(56(7)47(38)59)34-60-30-31-62(8,9)10/h11-23,25-26,32-33,35H,24,27-31,34H2,1-10H3,(H,53,54)(H,49,50,51,52). The fraction of sp³-hybridized carbons (Fsp3) is 0.396. The first-order chi connectivity index (χ1) is 30.1. The molecule has 7 aromatic rings. The highest BCUT2D eigenvalue weighted by atomic mass is 28.4. The lowest BCUT2D eigenvalue weighted by Crippen LogP contribution is -2.66. The van der Waals surface area contributed by atoms with Crippen LogP contribution in [0.2, 0.25) is 30.7 Å². The van der Waals surface area contributed by atoms with Gasteiger partial charge in [0.25, 0.3) is 13.9 Å². The number of ether oxygens (including phenoxy) is 1. The molecule has 0 aliphatic carbocycles. The summed E-state index contributed by atoms with van der Waals surface area (Å²) in [7, 11) is 1.90. The Morgan fingerprint density at radius 1 is 0.905 bits per heavy atom. The Balaban J connectivity index is 1.22. The van der Waals surface area contributed by atoms with Crippen molar-refractivity contribution in [2.45, 2.75) is 84.0 Å². The molecule has 0 saturated carbocycles. The van der Waals surface area contributed by atoms with Crippen molar-refractivity contribution in [3.63, 3.8) is 0 Å². The number of aromatic amines is 1. The van der Waals surface area contributed by atoms with E-state index in [0.29, 0.717) is 36.2 Å². The molecule has 0 aliphatic heterocycles. The van der Waals surface area contributed by atoms with E-state index in [2.05, 4.69) is 165 Å². The first kappa shape index (κ1) is 45.6. The minimum Gasteiger partial charge on any atom is -0.407 e. The summed E-state index contributed by atoms with van der Waals surface area (Å²) in [6, 6.07) is 30.5. The topological polar surface area (TPSA) is 133 Å². The molecule has 15 heteroatoms. The fourth-order valence-corrected chi connectivity index (χ4v) is 13.5. The summed E-state index contributed by atoms with van der Waals surface area (Å²) in [5.74, 6) is 1.41. The molecule has 1 unspecified atom stereocenters. The molecule has 2 N–H and O–H groups in total. The number of fused-ring (bicyclic) bond motifs is 1. The summed E-state index contributed by atoms with van der Waals surface area (Å²) in [6.07, 6.45) is 6.25. The van der Waals surface area contributed by atoms with E-state index in [1.54, 1.807) is 34.9 Å². The van der Waals surface area contributed by atoms with Crippen molar-refractivity contribution in [2.75, 3.05) is 39.2 Å². The molecule has 0 saturated heterocycles. The number of hydrogen-bond donors (Lipinski definition) is 2. The molecule has 13 nitrogen and oxygen atoms in total. The predicted octanol–water partition coefficient (Wildman–Crippen LogP) is 8.07. The van der Waals surface area contributed by atoms with Crippen LogP contribution in [0.5, 0.6) is 0 Å². The molecule has 2 aromatic carbocycles. The van der Waals surface area contributed by atoms with Gasteiger partial charge < -0.3 is 23.9 Å². The number of pyridine rings is 1. The zero-order valence-electron chi connectivity index (χ0n) is 38.6. The van der Waals surface area contributed by atoms with Gasteiger partial charge in [-0.15, -0.1) is 0 Å². The zero-order chi connectivity index (χ0) is 44.9. The Bertz CT molecular complexity index is 2620. The number of benzene rings is 2. The maximum Gasteiger partial charge on any atom is 0.277 e. The van der Waals surface area contributed by atoms with Crippen LogP contribution in [0.3, 0.4) is 0 Å². The summed E-state index contributed by atoms with van der Waals surface area (Å²) in [5, 5.41) is 15.1. The van der Waals surface area contributed by atoms with Gasteiger partial charge in [-0.3, -0.25) is 19.3 Å². The number of nitrogens with one attached hydrogen (secondary N) is 2. The number of nitrogens with zero attached hydrogens (tertiary/aromatic N) is 8. The van der Waals surface area contributed by atoms with Crippen LogP contribution in [0, 0.1) is 0 Å². The maximum atomic E-state index is 13.4. The second-order valence-electron chi connectivity index (χ2n) is 19.0. The van der Waals surface area contributed by atoms with E-state index in [0.717, 1.165) is 53.5 Å². The first-order valence-corrected chi connectivity index (χ1v) is 27.6. The van der Waals surface area contributed by atoms with Gasteiger partial charge in [0.05, 0.1) is 22.3 Å². The van der Waals surface area contributed by atoms with E-state index >= 15 is 0 Å². The van der Waals surface area contributed by atoms with Crippen LogP contribution >= 0.6 is 0 Å². The van der Waals surface area contributed by atoms with E-state index < -0.39 is 16.4 Å². The van der Waals surface area contributed by atoms with Gasteiger partial charge in [-0.2, -0.15) is 5.10 Å². The van der Waals surface area contributed by atoms with Crippen molar-refractivity contribution in [1.82, 2.24) is 44.0 Å². The third kappa shape index (κ3) is 10.2. The highest BCUT2D eigenvalue weighted by molar-refractivity contribution is 6.99. The third-order valence-corrected chi connectivity index (χ3v) is 18.5. The van der Waals surface area contributed by atoms with Crippen LogP contribution in [0.1, 0.15) is 45.7 Å². The van der Waals surface area contributed by atoms with Gasteiger partial charge in [-0.05, 0) is 60.2 Å². The van der Waals surface area contributed by atoms with E-state index in [9.17, 15) is 4.79 Å². The molecular formula is C48H64N10O3Si2. The summed E-state index contributed by atoms with van der Waals surface area (Å²) in [6.45, 7) is 19.3. The summed E-state index contributed by atoms with van der Waals surface area (Å²) >= 11 is 0. The molecule has 0 aliphatic rings. The fourth-order valence-electron chi connectivity index (χ4n) is 8.18. The molecule has 0 amide bonds. The number of anilines is 2. The van der Waals surface area contributed by atoms with Crippen LogP contribution in [-0.4, -0.2) is 94.2 Å². The Hall–Kier alpha value is -5.46. The molecule has 7 rings (SSSR count). The smallest absolute Gasteiger partial charge is 0.277 e. The number of rotatable bonds is 19. The van der Waals surface area contributed by atoms with Gasteiger partial charge in [-0.1, -0.05) is 108 Å². The normalized spacial score (nSPS) is 13.0. The lowest BCUT2D eigenvalue weighted by molar-refractivity contribution is 0.0703. The molecule has 0 spiro atoms. The second kappa shape index (κ2) is 19.1. The van der Waals surface area contributed by atoms with E-state index in [1.165, 1.54) is 10.4 Å². The highest BCUT2D eigenvalue weighted by Gasteiger charge is 2.50. The van der Waals surface area contributed by atoms with Crippen LogP contribution < -0.4 is 21.2 Å².